The molecule has 0 aliphatic carbocycles. The van der Waals surface area contributed by atoms with Gasteiger partial charge in [-0.2, -0.15) is 31.4 Å². The average Bonchev–Trinajstić information content (AvgIpc) is 3.42. The highest BCUT2D eigenvalue weighted by Crippen LogP contribution is 2.40. The Kier molecular flexibility index (Phi) is 6.47. The van der Waals surface area contributed by atoms with E-state index in [9.17, 15) is 35.9 Å². The molecule has 3 rings (SSSR count). The van der Waals surface area contributed by atoms with Gasteiger partial charge in [-0.1, -0.05) is 6.07 Å². The van der Waals surface area contributed by atoms with Crippen LogP contribution < -0.4 is 5.32 Å². The Hall–Kier alpha value is -3.83. The number of nitrogens with one attached hydrogen (secondary N) is 1. The second kappa shape index (κ2) is 8.96. The summed E-state index contributed by atoms with van der Waals surface area (Å²) >= 11 is 0. The number of hydrogen-bond donors (Lipinski definition) is 1. The number of alkyl halides is 6. The van der Waals surface area contributed by atoms with E-state index in [0.717, 1.165) is 16.8 Å². The van der Waals surface area contributed by atoms with Gasteiger partial charge < -0.3 is 4.42 Å². The SMILES string of the molecule is CC(c1ccc(C(F)(F)F)cc1C(F)(F)F)n1cc(C(=CC(=O)NC=O)c2ccco2)cn1. The van der Waals surface area contributed by atoms with Gasteiger partial charge in [-0.3, -0.25) is 19.6 Å². The molecule has 33 heavy (non-hydrogen) atoms. The molecule has 0 spiro atoms. The fourth-order valence-electron chi connectivity index (χ4n) is 3.13. The van der Waals surface area contributed by atoms with E-state index < -0.39 is 41.0 Å². The van der Waals surface area contributed by atoms with Gasteiger partial charge in [0.2, 0.25) is 6.41 Å². The molecule has 1 N–H and O–H groups in total. The summed E-state index contributed by atoms with van der Waals surface area (Å²) in [5.41, 5.74) is -2.84. The molecule has 0 saturated heterocycles. The summed E-state index contributed by atoms with van der Waals surface area (Å²) in [4.78, 5) is 22.4. The maximum atomic E-state index is 13.5. The van der Waals surface area contributed by atoms with Crippen molar-refractivity contribution in [1.29, 1.82) is 0 Å². The van der Waals surface area contributed by atoms with Crippen LogP contribution in [0.4, 0.5) is 26.3 Å². The lowest BCUT2D eigenvalue weighted by molar-refractivity contribution is -0.143. The monoisotopic (exact) mass is 471 g/mol. The van der Waals surface area contributed by atoms with E-state index >= 15 is 0 Å². The fourth-order valence-corrected chi connectivity index (χ4v) is 3.13. The molecule has 174 valence electrons. The van der Waals surface area contributed by atoms with Crippen molar-refractivity contribution in [2.45, 2.75) is 25.3 Å². The fraction of sp³-hybridized carbons (Fsp3) is 0.190. The molecule has 2 aromatic heterocycles. The number of amides is 2. The molecule has 1 aromatic carbocycles. The number of aromatic nitrogens is 2. The van der Waals surface area contributed by atoms with Crippen LogP contribution in [0.2, 0.25) is 0 Å². The zero-order valence-corrected chi connectivity index (χ0v) is 16.7. The quantitative estimate of drug-likeness (QED) is 0.318. The van der Waals surface area contributed by atoms with Crippen LogP contribution in [0.3, 0.4) is 0 Å². The number of halogens is 6. The third-order valence-corrected chi connectivity index (χ3v) is 4.71. The van der Waals surface area contributed by atoms with Gasteiger partial charge in [0.15, 0.2) is 0 Å². The second-order valence-corrected chi connectivity index (χ2v) is 6.84. The van der Waals surface area contributed by atoms with E-state index in [4.69, 9.17) is 4.42 Å². The zero-order valence-electron chi connectivity index (χ0n) is 16.7. The highest BCUT2D eigenvalue weighted by molar-refractivity contribution is 6.02. The zero-order chi connectivity index (χ0) is 24.4. The Bertz CT molecular complexity index is 1180. The lowest BCUT2D eigenvalue weighted by atomic mass is 9.98. The molecular formula is C21H15F6N3O3. The van der Waals surface area contributed by atoms with Crippen molar-refractivity contribution in [3.8, 4) is 0 Å². The van der Waals surface area contributed by atoms with Crippen LogP contribution in [-0.4, -0.2) is 22.1 Å². The van der Waals surface area contributed by atoms with Gasteiger partial charge in [-0.15, -0.1) is 0 Å². The van der Waals surface area contributed by atoms with Crippen molar-refractivity contribution in [2.24, 2.45) is 0 Å². The number of rotatable bonds is 6. The molecule has 12 heteroatoms. The number of carbonyl (C=O) groups is 2. The van der Waals surface area contributed by atoms with Crippen molar-refractivity contribution in [3.05, 3.63) is 83.1 Å². The average molecular weight is 471 g/mol. The molecule has 2 heterocycles. The van der Waals surface area contributed by atoms with E-state index in [1.54, 1.807) is 0 Å². The van der Waals surface area contributed by atoms with Crippen LogP contribution >= 0.6 is 0 Å². The molecule has 3 aromatic rings. The molecule has 0 aliphatic heterocycles. The van der Waals surface area contributed by atoms with Gasteiger partial charge in [0.25, 0.3) is 5.91 Å². The summed E-state index contributed by atoms with van der Waals surface area (Å²) in [5.74, 6) is -0.562. The van der Waals surface area contributed by atoms with Gasteiger partial charge in [0.1, 0.15) is 5.76 Å². The Morgan fingerprint density at radius 2 is 1.88 bits per heavy atom. The summed E-state index contributed by atoms with van der Waals surface area (Å²) in [7, 11) is 0. The maximum Gasteiger partial charge on any atom is 0.416 e. The molecule has 2 amide bonds. The highest BCUT2D eigenvalue weighted by Gasteiger charge is 2.39. The number of hydrogen-bond acceptors (Lipinski definition) is 4. The molecule has 0 bridgehead atoms. The second-order valence-electron chi connectivity index (χ2n) is 6.84. The topological polar surface area (TPSA) is 77.1 Å². The number of carbonyl (C=O) groups excluding carboxylic acids is 2. The minimum Gasteiger partial charge on any atom is -0.464 e. The van der Waals surface area contributed by atoms with Crippen molar-refractivity contribution in [3.63, 3.8) is 0 Å². The van der Waals surface area contributed by atoms with Crippen LogP contribution in [0.25, 0.3) is 5.57 Å². The van der Waals surface area contributed by atoms with E-state index in [1.807, 2.05) is 5.32 Å². The normalized spacial score (nSPS) is 13.6. The first-order chi connectivity index (χ1) is 15.4. The number of nitrogens with zero attached hydrogens (tertiary/aromatic N) is 2. The molecular weight excluding hydrogens is 456 g/mol. The lowest BCUT2D eigenvalue weighted by Crippen LogP contribution is -2.19. The van der Waals surface area contributed by atoms with Crippen LogP contribution in [0, 0.1) is 0 Å². The van der Waals surface area contributed by atoms with Crippen LogP contribution in [0.15, 0.2) is 59.5 Å². The van der Waals surface area contributed by atoms with Crippen molar-refractivity contribution in [1.82, 2.24) is 15.1 Å². The van der Waals surface area contributed by atoms with Crippen LogP contribution in [-0.2, 0) is 21.9 Å². The summed E-state index contributed by atoms with van der Waals surface area (Å²) < 4.78 is 85.8. The molecule has 0 aliphatic rings. The summed E-state index contributed by atoms with van der Waals surface area (Å²) in [6, 6.07) is 3.33. The summed E-state index contributed by atoms with van der Waals surface area (Å²) in [5, 5.41) is 5.94. The summed E-state index contributed by atoms with van der Waals surface area (Å²) in [6.45, 7) is 1.34. The Morgan fingerprint density at radius 3 is 2.45 bits per heavy atom. The minimum absolute atomic E-state index is 0.0637. The molecule has 1 atom stereocenters. The predicted octanol–water partition coefficient (Wildman–Crippen LogP) is 4.83. The first-order valence-corrected chi connectivity index (χ1v) is 9.24. The van der Waals surface area contributed by atoms with Crippen molar-refractivity contribution >= 4 is 17.9 Å². The van der Waals surface area contributed by atoms with Gasteiger partial charge in [0.05, 0.1) is 29.6 Å². The van der Waals surface area contributed by atoms with E-state index in [1.165, 1.54) is 37.7 Å². The Labute approximate surface area is 182 Å². The number of benzene rings is 1. The van der Waals surface area contributed by atoms with E-state index in [0.29, 0.717) is 6.07 Å². The molecule has 0 saturated carbocycles. The lowest BCUT2D eigenvalue weighted by Gasteiger charge is -2.20. The smallest absolute Gasteiger partial charge is 0.416 e. The molecule has 6 nitrogen and oxygen atoms in total. The Balaban J connectivity index is 2.04. The molecule has 1 unspecified atom stereocenters. The van der Waals surface area contributed by atoms with Gasteiger partial charge in [-0.25, -0.2) is 0 Å². The van der Waals surface area contributed by atoms with Crippen molar-refractivity contribution < 1.29 is 40.3 Å². The van der Waals surface area contributed by atoms with Crippen molar-refractivity contribution in [2.75, 3.05) is 0 Å². The highest BCUT2D eigenvalue weighted by atomic mass is 19.4. The third kappa shape index (κ3) is 5.33. The third-order valence-electron chi connectivity index (χ3n) is 4.71. The standard InChI is InChI=1S/C21H15F6N3O3/c1-12(15-5-4-14(20(22,23)24)7-17(15)21(25,26)27)30-10-13(9-29-30)16(8-19(32)28-11-31)18-3-2-6-33-18/h2-12H,1H3,(H,28,31,32). The molecule has 0 fully saturated rings. The number of furan rings is 1. The largest absolute Gasteiger partial charge is 0.464 e. The maximum absolute atomic E-state index is 13.5. The number of imide groups is 1. The van der Waals surface area contributed by atoms with E-state index in [-0.39, 0.29) is 29.4 Å². The predicted molar refractivity (Wildman–Crippen MR) is 102 cm³/mol. The van der Waals surface area contributed by atoms with Gasteiger partial charge in [-0.05, 0) is 36.8 Å². The summed E-state index contributed by atoms with van der Waals surface area (Å²) in [6.07, 6.45) is -4.88. The van der Waals surface area contributed by atoms with Gasteiger partial charge >= 0.3 is 12.4 Å². The Morgan fingerprint density at radius 1 is 1.15 bits per heavy atom. The van der Waals surface area contributed by atoms with Crippen LogP contribution in [0.5, 0.6) is 0 Å². The molecule has 0 radical (unpaired) electrons. The minimum atomic E-state index is -5.03. The van der Waals surface area contributed by atoms with Crippen LogP contribution in [0.1, 0.15) is 41.0 Å². The van der Waals surface area contributed by atoms with E-state index in [2.05, 4.69) is 5.10 Å². The first-order valence-electron chi connectivity index (χ1n) is 9.24. The first kappa shape index (κ1) is 23.8. The van der Waals surface area contributed by atoms with Gasteiger partial charge in [0, 0.05) is 23.4 Å².